The molecule has 1 atom stereocenters. The summed E-state index contributed by atoms with van der Waals surface area (Å²) in [5, 5.41) is 11.7. The predicted molar refractivity (Wildman–Crippen MR) is 82.3 cm³/mol. The standard InChI is InChI=1S/C16H24N2O3/c1-4-18(11-13(3)15(19)20)16(21)17-9-8-14-7-5-6-12(2)10-14/h5-7,10,13H,4,8-9,11H2,1-3H3,(H,17,21)(H,19,20). The van der Waals surface area contributed by atoms with E-state index >= 15 is 0 Å². The second kappa shape index (κ2) is 8.29. The molecule has 0 saturated carbocycles. The maximum absolute atomic E-state index is 12.0. The minimum absolute atomic E-state index is 0.210. The third-order valence-electron chi connectivity index (χ3n) is 3.36. The maximum Gasteiger partial charge on any atom is 0.317 e. The number of hydrogen-bond acceptors (Lipinski definition) is 2. The van der Waals surface area contributed by atoms with Gasteiger partial charge in [0.1, 0.15) is 0 Å². The summed E-state index contributed by atoms with van der Waals surface area (Å²) in [6, 6.07) is 7.95. The Morgan fingerprint density at radius 1 is 1.38 bits per heavy atom. The van der Waals surface area contributed by atoms with Crippen LogP contribution in [0.4, 0.5) is 4.79 Å². The van der Waals surface area contributed by atoms with Gasteiger partial charge in [0.15, 0.2) is 0 Å². The molecule has 0 saturated heterocycles. The topological polar surface area (TPSA) is 69.6 Å². The zero-order valence-electron chi connectivity index (χ0n) is 12.9. The van der Waals surface area contributed by atoms with Crippen LogP contribution < -0.4 is 5.32 Å². The number of rotatable bonds is 7. The number of nitrogens with zero attached hydrogens (tertiary/aromatic N) is 1. The summed E-state index contributed by atoms with van der Waals surface area (Å²) in [7, 11) is 0. The molecule has 2 N–H and O–H groups in total. The van der Waals surface area contributed by atoms with Crippen LogP contribution in [0, 0.1) is 12.8 Å². The minimum Gasteiger partial charge on any atom is -0.481 e. The van der Waals surface area contributed by atoms with E-state index in [2.05, 4.69) is 11.4 Å². The van der Waals surface area contributed by atoms with Crippen LogP contribution in [0.5, 0.6) is 0 Å². The SMILES string of the molecule is CCN(CC(C)C(=O)O)C(=O)NCCc1cccc(C)c1. The van der Waals surface area contributed by atoms with Crippen molar-refractivity contribution >= 4 is 12.0 Å². The fourth-order valence-electron chi connectivity index (χ4n) is 2.06. The van der Waals surface area contributed by atoms with Crippen LogP contribution in [0.3, 0.4) is 0 Å². The van der Waals surface area contributed by atoms with E-state index in [1.54, 1.807) is 6.92 Å². The van der Waals surface area contributed by atoms with Gasteiger partial charge in [0.05, 0.1) is 5.92 Å². The molecule has 0 aromatic heterocycles. The molecule has 0 heterocycles. The van der Waals surface area contributed by atoms with Crippen LogP contribution in [-0.4, -0.2) is 41.6 Å². The highest BCUT2D eigenvalue weighted by Gasteiger charge is 2.18. The van der Waals surface area contributed by atoms with E-state index in [0.29, 0.717) is 13.1 Å². The number of carboxylic acid groups (broad SMARTS) is 1. The monoisotopic (exact) mass is 292 g/mol. The summed E-state index contributed by atoms with van der Waals surface area (Å²) in [5.74, 6) is -1.45. The molecule has 1 rings (SSSR count). The summed E-state index contributed by atoms with van der Waals surface area (Å²) >= 11 is 0. The van der Waals surface area contributed by atoms with E-state index in [4.69, 9.17) is 5.11 Å². The number of nitrogens with one attached hydrogen (secondary N) is 1. The van der Waals surface area contributed by atoms with Gasteiger partial charge in [0, 0.05) is 19.6 Å². The van der Waals surface area contributed by atoms with Crippen LogP contribution in [0.1, 0.15) is 25.0 Å². The van der Waals surface area contributed by atoms with Crippen LogP contribution in [0.25, 0.3) is 0 Å². The zero-order valence-corrected chi connectivity index (χ0v) is 12.9. The molecule has 0 aliphatic carbocycles. The fourth-order valence-corrected chi connectivity index (χ4v) is 2.06. The molecule has 1 aromatic rings. The van der Waals surface area contributed by atoms with Crippen molar-refractivity contribution in [2.24, 2.45) is 5.92 Å². The smallest absolute Gasteiger partial charge is 0.317 e. The number of carboxylic acids is 1. The quantitative estimate of drug-likeness (QED) is 0.810. The van der Waals surface area contributed by atoms with E-state index in [9.17, 15) is 9.59 Å². The largest absolute Gasteiger partial charge is 0.481 e. The lowest BCUT2D eigenvalue weighted by Gasteiger charge is -2.23. The minimum atomic E-state index is -0.888. The van der Waals surface area contributed by atoms with E-state index in [1.807, 2.05) is 32.0 Å². The maximum atomic E-state index is 12.0. The molecule has 0 bridgehead atoms. The first kappa shape index (κ1) is 17.0. The number of urea groups is 1. The van der Waals surface area contributed by atoms with Crippen molar-refractivity contribution in [3.8, 4) is 0 Å². The number of hydrogen-bond donors (Lipinski definition) is 2. The highest BCUT2D eigenvalue weighted by Crippen LogP contribution is 2.04. The molecule has 1 unspecified atom stereocenters. The molecule has 5 heteroatoms. The second-order valence-electron chi connectivity index (χ2n) is 5.25. The van der Waals surface area contributed by atoms with Crippen molar-refractivity contribution < 1.29 is 14.7 Å². The summed E-state index contributed by atoms with van der Waals surface area (Å²) in [5.41, 5.74) is 2.38. The van der Waals surface area contributed by atoms with Gasteiger partial charge >= 0.3 is 12.0 Å². The van der Waals surface area contributed by atoms with Crippen LogP contribution in [0.15, 0.2) is 24.3 Å². The summed E-state index contributed by atoms with van der Waals surface area (Å²) in [4.78, 5) is 24.4. The lowest BCUT2D eigenvalue weighted by atomic mass is 10.1. The lowest BCUT2D eigenvalue weighted by Crippen LogP contribution is -2.43. The molecule has 2 amide bonds. The molecule has 21 heavy (non-hydrogen) atoms. The molecular weight excluding hydrogens is 268 g/mol. The highest BCUT2D eigenvalue weighted by molar-refractivity contribution is 5.75. The summed E-state index contributed by atoms with van der Waals surface area (Å²) in [6.45, 7) is 6.74. The molecule has 0 spiro atoms. The van der Waals surface area contributed by atoms with Crippen molar-refractivity contribution in [3.63, 3.8) is 0 Å². The normalized spacial score (nSPS) is 11.8. The van der Waals surface area contributed by atoms with E-state index < -0.39 is 11.9 Å². The van der Waals surface area contributed by atoms with Crippen molar-refractivity contribution in [2.45, 2.75) is 27.2 Å². The Labute approximate surface area is 126 Å². The predicted octanol–water partition coefficient (Wildman–Crippen LogP) is 2.29. The average molecular weight is 292 g/mol. The van der Waals surface area contributed by atoms with Gasteiger partial charge in [-0.2, -0.15) is 0 Å². The molecular formula is C16H24N2O3. The Morgan fingerprint density at radius 3 is 2.67 bits per heavy atom. The Bertz CT molecular complexity index is 488. The van der Waals surface area contributed by atoms with Crippen molar-refractivity contribution in [1.29, 1.82) is 0 Å². The van der Waals surface area contributed by atoms with Gasteiger partial charge < -0.3 is 15.3 Å². The van der Waals surface area contributed by atoms with Crippen molar-refractivity contribution in [3.05, 3.63) is 35.4 Å². The number of carbonyl (C=O) groups is 2. The number of aliphatic carboxylic acids is 1. The summed E-state index contributed by atoms with van der Waals surface area (Å²) < 4.78 is 0. The molecule has 0 radical (unpaired) electrons. The molecule has 1 aromatic carbocycles. The van der Waals surface area contributed by atoms with Crippen LogP contribution in [-0.2, 0) is 11.2 Å². The van der Waals surface area contributed by atoms with Gasteiger partial charge in [-0.25, -0.2) is 4.79 Å². The number of amides is 2. The summed E-state index contributed by atoms with van der Waals surface area (Å²) in [6.07, 6.45) is 0.763. The first-order valence-electron chi connectivity index (χ1n) is 7.25. The molecule has 0 aliphatic rings. The van der Waals surface area contributed by atoms with Crippen LogP contribution >= 0.6 is 0 Å². The molecule has 5 nitrogen and oxygen atoms in total. The second-order valence-corrected chi connectivity index (χ2v) is 5.25. The fraction of sp³-hybridized carbons (Fsp3) is 0.500. The van der Waals surface area contributed by atoms with E-state index in [-0.39, 0.29) is 12.6 Å². The Hall–Kier alpha value is -2.04. The van der Waals surface area contributed by atoms with Gasteiger partial charge in [-0.05, 0) is 25.8 Å². The van der Waals surface area contributed by atoms with Gasteiger partial charge in [-0.1, -0.05) is 36.8 Å². The van der Waals surface area contributed by atoms with E-state index in [0.717, 1.165) is 6.42 Å². The van der Waals surface area contributed by atoms with Gasteiger partial charge in [-0.3, -0.25) is 4.79 Å². The molecule has 116 valence electrons. The number of carbonyl (C=O) groups excluding carboxylic acids is 1. The zero-order chi connectivity index (χ0) is 15.8. The third kappa shape index (κ3) is 5.85. The van der Waals surface area contributed by atoms with Crippen molar-refractivity contribution in [1.82, 2.24) is 10.2 Å². The van der Waals surface area contributed by atoms with Gasteiger partial charge in [-0.15, -0.1) is 0 Å². The van der Waals surface area contributed by atoms with Gasteiger partial charge in [0.2, 0.25) is 0 Å². The van der Waals surface area contributed by atoms with Crippen molar-refractivity contribution in [2.75, 3.05) is 19.6 Å². The highest BCUT2D eigenvalue weighted by atomic mass is 16.4. The van der Waals surface area contributed by atoms with E-state index in [1.165, 1.54) is 16.0 Å². The Kier molecular flexibility index (Phi) is 6.72. The van der Waals surface area contributed by atoms with Crippen LogP contribution in [0.2, 0.25) is 0 Å². The first-order valence-corrected chi connectivity index (χ1v) is 7.25. The first-order chi connectivity index (χ1) is 9.93. The Balaban J connectivity index is 2.42. The Morgan fingerprint density at radius 2 is 2.10 bits per heavy atom. The number of benzene rings is 1. The number of aryl methyl sites for hydroxylation is 1. The lowest BCUT2D eigenvalue weighted by molar-refractivity contribution is -0.141. The average Bonchev–Trinajstić information content (AvgIpc) is 2.44. The molecule has 0 aliphatic heterocycles. The third-order valence-corrected chi connectivity index (χ3v) is 3.36. The van der Waals surface area contributed by atoms with Gasteiger partial charge in [0.25, 0.3) is 0 Å². The molecule has 0 fully saturated rings.